The molecule has 0 saturated heterocycles. The molecule has 1 aliphatic rings. The molecule has 2 rings (SSSR count). The van der Waals surface area contributed by atoms with Crippen molar-refractivity contribution in [2.45, 2.75) is 31.1 Å². The molecule has 0 fully saturated rings. The van der Waals surface area contributed by atoms with E-state index in [9.17, 15) is 9.59 Å². The molecule has 3 atom stereocenters. The fourth-order valence-electron chi connectivity index (χ4n) is 1.86. The lowest BCUT2D eigenvalue weighted by Crippen LogP contribution is -2.39. The van der Waals surface area contributed by atoms with E-state index in [-0.39, 0.29) is 0 Å². The van der Waals surface area contributed by atoms with E-state index in [1.807, 2.05) is 0 Å². The Kier molecular flexibility index (Phi) is 5.63. The number of rotatable bonds is 3. The molecule has 20 heavy (non-hydrogen) atoms. The molecule has 0 aromatic heterocycles. The predicted molar refractivity (Wildman–Crippen MR) is 69.0 cm³/mol. The largest absolute Gasteiger partial charge is 0.479 e. The average molecular weight is 283 g/mol. The Morgan fingerprint density at radius 3 is 2.05 bits per heavy atom. The first-order valence-corrected chi connectivity index (χ1v) is 5.99. The SMILES string of the molecule is N[C@@H]1CCc2ccccc21.O=C(O)C(O)C(O)C(=O)O. The van der Waals surface area contributed by atoms with Gasteiger partial charge in [-0.1, -0.05) is 24.3 Å². The first kappa shape index (κ1) is 16.1. The number of benzene rings is 1. The van der Waals surface area contributed by atoms with Gasteiger partial charge in [0.15, 0.2) is 12.2 Å². The third kappa shape index (κ3) is 4.02. The number of hydrogen-bond donors (Lipinski definition) is 5. The van der Waals surface area contributed by atoms with Crippen molar-refractivity contribution < 1.29 is 30.0 Å². The topological polar surface area (TPSA) is 141 Å². The number of carboxylic acids is 2. The predicted octanol–water partition coefficient (Wildman–Crippen LogP) is -0.490. The second kappa shape index (κ2) is 6.99. The molecule has 6 N–H and O–H groups in total. The molecule has 0 spiro atoms. The number of aliphatic hydroxyl groups is 2. The summed E-state index contributed by atoms with van der Waals surface area (Å²) >= 11 is 0. The number of fused-ring (bicyclic) bond motifs is 1. The second-order valence-electron chi connectivity index (χ2n) is 4.41. The number of nitrogens with two attached hydrogens (primary N) is 1. The van der Waals surface area contributed by atoms with Crippen molar-refractivity contribution in [2.24, 2.45) is 5.73 Å². The van der Waals surface area contributed by atoms with Crippen molar-refractivity contribution in [3.05, 3.63) is 35.4 Å². The summed E-state index contributed by atoms with van der Waals surface area (Å²) in [6.45, 7) is 0. The molecule has 110 valence electrons. The molecule has 0 radical (unpaired) electrons. The molecule has 1 aliphatic carbocycles. The van der Waals surface area contributed by atoms with Crippen LogP contribution in [0.5, 0.6) is 0 Å². The molecule has 7 heteroatoms. The Morgan fingerprint density at radius 2 is 1.60 bits per heavy atom. The first-order chi connectivity index (χ1) is 9.34. The Hall–Kier alpha value is -1.96. The highest BCUT2D eigenvalue weighted by Crippen LogP contribution is 2.28. The molecule has 0 saturated carbocycles. The van der Waals surface area contributed by atoms with Crippen LogP contribution in [-0.2, 0) is 16.0 Å². The lowest BCUT2D eigenvalue weighted by Gasteiger charge is -2.07. The van der Waals surface area contributed by atoms with Gasteiger partial charge in [0.05, 0.1) is 0 Å². The summed E-state index contributed by atoms with van der Waals surface area (Å²) in [5, 5.41) is 32.5. The van der Waals surface area contributed by atoms with Gasteiger partial charge >= 0.3 is 11.9 Å². The van der Waals surface area contributed by atoms with E-state index in [1.165, 1.54) is 11.1 Å². The summed E-state index contributed by atoms with van der Waals surface area (Å²) < 4.78 is 0. The normalized spacial score (nSPS) is 19.2. The first-order valence-electron chi connectivity index (χ1n) is 5.99. The van der Waals surface area contributed by atoms with E-state index in [4.69, 9.17) is 26.2 Å². The Bertz CT molecular complexity index is 472. The molecule has 0 amide bonds. The fourth-order valence-corrected chi connectivity index (χ4v) is 1.86. The van der Waals surface area contributed by atoms with Crippen molar-refractivity contribution in [3.8, 4) is 0 Å². The maximum absolute atomic E-state index is 9.77. The van der Waals surface area contributed by atoms with Crippen molar-refractivity contribution >= 4 is 11.9 Å². The van der Waals surface area contributed by atoms with Gasteiger partial charge in [-0.3, -0.25) is 0 Å². The molecular weight excluding hydrogens is 266 g/mol. The van der Waals surface area contributed by atoms with E-state index < -0.39 is 24.1 Å². The summed E-state index contributed by atoms with van der Waals surface area (Å²) in [7, 11) is 0. The monoisotopic (exact) mass is 283 g/mol. The van der Waals surface area contributed by atoms with Crippen molar-refractivity contribution in [3.63, 3.8) is 0 Å². The van der Waals surface area contributed by atoms with Crippen LogP contribution in [-0.4, -0.2) is 44.6 Å². The standard InChI is InChI=1S/C9H11N.C4H6O6/c10-9-6-5-7-3-1-2-4-8(7)9;5-1(3(7)8)2(6)4(9)10/h1-4,9H,5-6,10H2;1-2,5-6H,(H,7,8)(H,9,10)/t9-;/m1./s1. The number of carbonyl (C=O) groups is 2. The van der Waals surface area contributed by atoms with Crippen LogP contribution in [0.2, 0.25) is 0 Å². The van der Waals surface area contributed by atoms with E-state index in [0.29, 0.717) is 6.04 Å². The number of aryl methyl sites for hydroxylation is 1. The van der Waals surface area contributed by atoms with Crippen molar-refractivity contribution in [1.82, 2.24) is 0 Å². The molecule has 7 nitrogen and oxygen atoms in total. The minimum Gasteiger partial charge on any atom is -0.479 e. The van der Waals surface area contributed by atoms with Gasteiger partial charge in [-0.05, 0) is 24.0 Å². The zero-order valence-corrected chi connectivity index (χ0v) is 10.6. The van der Waals surface area contributed by atoms with Gasteiger partial charge in [-0.25, -0.2) is 9.59 Å². The molecular formula is C13H17NO6. The van der Waals surface area contributed by atoms with Crippen LogP contribution < -0.4 is 5.73 Å². The highest BCUT2D eigenvalue weighted by Gasteiger charge is 2.29. The van der Waals surface area contributed by atoms with Gasteiger partial charge < -0.3 is 26.2 Å². The Morgan fingerprint density at radius 1 is 1.10 bits per heavy atom. The molecule has 0 bridgehead atoms. The maximum atomic E-state index is 9.77. The van der Waals surface area contributed by atoms with Gasteiger partial charge in [0.2, 0.25) is 0 Å². The van der Waals surface area contributed by atoms with Crippen molar-refractivity contribution in [2.75, 3.05) is 0 Å². The number of carboxylic acid groups (broad SMARTS) is 2. The Labute approximate surface area is 115 Å². The Balaban J connectivity index is 0.000000200. The highest BCUT2D eigenvalue weighted by molar-refractivity contribution is 5.83. The quantitative estimate of drug-likeness (QED) is 0.504. The van der Waals surface area contributed by atoms with Gasteiger partial charge in [-0.2, -0.15) is 0 Å². The number of aliphatic hydroxyl groups excluding tert-OH is 2. The van der Waals surface area contributed by atoms with E-state index in [2.05, 4.69) is 24.3 Å². The summed E-state index contributed by atoms with van der Waals surface area (Å²) in [5.41, 5.74) is 8.64. The number of hydrogen-bond acceptors (Lipinski definition) is 5. The minimum absolute atomic E-state index is 0.302. The zero-order chi connectivity index (χ0) is 15.3. The summed E-state index contributed by atoms with van der Waals surface area (Å²) in [5.74, 6) is -3.54. The zero-order valence-electron chi connectivity index (χ0n) is 10.6. The maximum Gasteiger partial charge on any atom is 0.335 e. The van der Waals surface area contributed by atoms with E-state index in [0.717, 1.165) is 12.8 Å². The van der Waals surface area contributed by atoms with Gasteiger partial charge in [0, 0.05) is 6.04 Å². The molecule has 0 heterocycles. The van der Waals surface area contributed by atoms with Gasteiger partial charge in [0.1, 0.15) is 0 Å². The number of aliphatic carboxylic acids is 2. The van der Waals surface area contributed by atoms with E-state index >= 15 is 0 Å². The molecule has 1 aromatic carbocycles. The third-order valence-electron chi connectivity index (χ3n) is 2.98. The third-order valence-corrected chi connectivity index (χ3v) is 2.98. The van der Waals surface area contributed by atoms with Crippen LogP contribution in [0.1, 0.15) is 23.6 Å². The summed E-state index contributed by atoms with van der Waals surface area (Å²) in [6, 6.07) is 8.74. The van der Waals surface area contributed by atoms with Crippen molar-refractivity contribution in [1.29, 1.82) is 0 Å². The highest BCUT2D eigenvalue weighted by atomic mass is 16.4. The lowest BCUT2D eigenvalue weighted by atomic mass is 10.1. The minimum atomic E-state index is -2.27. The second-order valence-corrected chi connectivity index (χ2v) is 4.41. The molecule has 1 aromatic rings. The molecule has 2 unspecified atom stereocenters. The van der Waals surface area contributed by atoms with Gasteiger partial charge in [-0.15, -0.1) is 0 Å². The summed E-state index contributed by atoms with van der Waals surface area (Å²) in [6.07, 6.45) is -2.24. The van der Waals surface area contributed by atoms with Crippen LogP contribution in [0.3, 0.4) is 0 Å². The average Bonchev–Trinajstić information content (AvgIpc) is 2.80. The smallest absolute Gasteiger partial charge is 0.335 e. The molecule has 0 aliphatic heterocycles. The van der Waals surface area contributed by atoms with Crippen LogP contribution in [0.15, 0.2) is 24.3 Å². The van der Waals surface area contributed by atoms with Crippen LogP contribution in [0, 0.1) is 0 Å². The van der Waals surface area contributed by atoms with Crippen LogP contribution in [0.4, 0.5) is 0 Å². The van der Waals surface area contributed by atoms with Crippen LogP contribution >= 0.6 is 0 Å². The fraction of sp³-hybridized carbons (Fsp3) is 0.385. The van der Waals surface area contributed by atoms with Crippen LogP contribution in [0.25, 0.3) is 0 Å². The van der Waals surface area contributed by atoms with Gasteiger partial charge in [0.25, 0.3) is 0 Å². The van der Waals surface area contributed by atoms with E-state index in [1.54, 1.807) is 0 Å². The summed E-state index contributed by atoms with van der Waals surface area (Å²) in [4.78, 5) is 19.5. The lowest BCUT2D eigenvalue weighted by molar-refractivity contribution is -0.165.